The Kier molecular flexibility index (Phi) is 8.25. The second kappa shape index (κ2) is 10.9. The van der Waals surface area contributed by atoms with E-state index in [1.54, 1.807) is 36.6 Å². The highest BCUT2D eigenvalue weighted by Crippen LogP contribution is 2.28. The van der Waals surface area contributed by atoms with Crippen LogP contribution >= 0.6 is 12.2 Å². The van der Waals surface area contributed by atoms with Crippen molar-refractivity contribution in [3.05, 3.63) is 72.1 Å². The van der Waals surface area contributed by atoms with E-state index in [1.165, 1.54) is 6.07 Å². The Hall–Kier alpha value is -2.93. The molecule has 0 spiro atoms. The van der Waals surface area contributed by atoms with Gasteiger partial charge in [-0.15, -0.1) is 17.1 Å². The molecule has 27 heavy (non-hydrogen) atoms. The van der Waals surface area contributed by atoms with Crippen molar-refractivity contribution >= 4 is 23.5 Å². The summed E-state index contributed by atoms with van der Waals surface area (Å²) in [7, 11) is 0. The molecule has 0 heterocycles. The van der Waals surface area contributed by atoms with Crippen molar-refractivity contribution in [1.82, 2.24) is 10.7 Å². The Balaban J connectivity index is 2.03. The third-order valence-electron chi connectivity index (χ3n) is 3.44. The molecule has 0 aliphatic heterocycles. The van der Waals surface area contributed by atoms with Gasteiger partial charge in [0, 0.05) is 17.7 Å². The summed E-state index contributed by atoms with van der Waals surface area (Å²) in [5, 5.41) is 6.31. The van der Waals surface area contributed by atoms with Gasteiger partial charge in [-0.3, -0.25) is 0 Å². The molecule has 0 aliphatic rings. The van der Waals surface area contributed by atoms with Gasteiger partial charge in [-0.2, -0.15) is 0 Å². The summed E-state index contributed by atoms with van der Waals surface area (Å²) in [5.41, 5.74) is 4.18. The van der Waals surface area contributed by atoms with E-state index >= 15 is 0 Å². The zero-order valence-electron chi connectivity index (χ0n) is 15.1. The summed E-state index contributed by atoms with van der Waals surface area (Å²) < 4.78 is 25.1. The highest BCUT2D eigenvalue weighted by atomic mass is 32.1. The molecule has 2 aromatic carbocycles. The van der Waals surface area contributed by atoms with Crippen LogP contribution in [0, 0.1) is 5.82 Å². The molecule has 0 aromatic heterocycles. The van der Waals surface area contributed by atoms with Crippen molar-refractivity contribution in [2.75, 3.05) is 13.2 Å². The predicted molar refractivity (Wildman–Crippen MR) is 108 cm³/mol. The maximum Gasteiger partial charge on any atom is 0.224 e. The van der Waals surface area contributed by atoms with Crippen molar-refractivity contribution in [1.29, 1.82) is 0 Å². The average Bonchev–Trinajstić information content (AvgIpc) is 2.67. The van der Waals surface area contributed by atoms with Crippen LogP contribution in [0.5, 0.6) is 11.5 Å². The van der Waals surface area contributed by atoms with Crippen LogP contribution in [0.3, 0.4) is 0 Å². The molecule has 3 N–H and O–H groups in total. The fraction of sp³-hybridized carbons (Fsp3) is 0.200. The maximum atomic E-state index is 13.7. The molecule has 0 unspecified atom stereocenters. The van der Waals surface area contributed by atoms with Crippen LogP contribution in [-0.4, -0.2) is 24.5 Å². The maximum absolute atomic E-state index is 13.7. The van der Waals surface area contributed by atoms with Crippen LogP contribution in [0.4, 0.5) is 4.39 Å². The van der Waals surface area contributed by atoms with E-state index < -0.39 is 0 Å². The first-order valence-electron chi connectivity index (χ1n) is 8.50. The van der Waals surface area contributed by atoms with Crippen LogP contribution in [-0.2, 0) is 6.61 Å². The van der Waals surface area contributed by atoms with Crippen LogP contribution in [0.15, 0.2) is 55.1 Å². The Morgan fingerprint density at radius 1 is 1.22 bits per heavy atom. The smallest absolute Gasteiger partial charge is 0.224 e. The molecule has 2 aromatic rings. The standard InChI is InChI=1S/C20H22FN3O2S/c1-3-11-22-20(27)24-23-13-15-9-10-18(19(12-15)25-4-2)26-14-16-7-5-6-8-17(16)21/h3,5-10,12-13H,1,4,11,14H2,2H3,(H2,22,24,27)/p+1. The van der Waals surface area contributed by atoms with E-state index in [2.05, 4.69) is 22.4 Å². The first-order valence-corrected chi connectivity index (χ1v) is 8.91. The molecule has 0 amide bonds. The lowest BCUT2D eigenvalue weighted by Gasteiger charge is -2.12. The number of nitrogens with one attached hydrogen (secondary N) is 3. The molecule has 0 fully saturated rings. The van der Waals surface area contributed by atoms with Crippen molar-refractivity contribution < 1.29 is 19.0 Å². The molecule has 0 atom stereocenters. The number of hydrazone groups is 1. The van der Waals surface area contributed by atoms with E-state index in [-0.39, 0.29) is 12.4 Å². The summed E-state index contributed by atoms with van der Waals surface area (Å²) in [6.45, 7) is 6.69. The summed E-state index contributed by atoms with van der Waals surface area (Å²) in [4.78, 5) is 0. The van der Waals surface area contributed by atoms with E-state index in [0.29, 0.717) is 35.3 Å². The SMILES string of the molecule is C=CCNC(=S)N[NH+]=Cc1ccc(OCc2ccccc2F)c(OCC)c1. The summed E-state index contributed by atoms with van der Waals surface area (Å²) in [6, 6.07) is 12.0. The van der Waals surface area contributed by atoms with Gasteiger partial charge in [0.05, 0.1) is 6.61 Å². The average molecular weight is 388 g/mol. The third kappa shape index (κ3) is 6.71. The molecule has 2 rings (SSSR count). The largest absolute Gasteiger partial charge is 0.490 e. The number of benzene rings is 2. The fourth-order valence-corrected chi connectivity index (χ4v) is 2.31. The van der Waals surface area contributed by atoms with E-state index in [0.717, 1.165) is 5.56 Å². The molecule has 142 valence electrons. The zero-order valence-corrected chi connectivity index (χ0v) is 15.9. The monoisotopic (exact) mass is 388 g/mol. The minimum absolute atomic E-state index is 0.124. The van der Waals surface area contributed by atoms with Gasteiger partial charge in [0.2, 0.25) is 5.11 Å². The highest BCUT2D eigenvalue weighted by molar-refractivity contribution is 7.80. The van der Waals surface area contributed by atoms with Gasteiger partial charge in [0.25, 0.3) is 0 Å². The normalized spacial score (nSPS) is 10.4. The lowest BCUT2D eigenvalue weighted by Crippen LogP contribution is -2.82. The van der Waals surface area contributed by atoms with Gasteiger partial charge in [-0.05, 0) is 43.4 Å². The van der Waals surface area contributed by atoms with Gasteiger partial charge in [-0.1, -0.05) is 24.3 Å². The summed E-state index contributed by atoms with van der Waals surface area (Å²) in [6.07, 6.45) is 3.46. The Morgan fingerprint density at radius 2 is 2.04 bits per heavy atom. The van der Waals surface area contributed by atoms with Crippen LogP contribution in [0.1, 0.15) is 18.1 Å². The fourth-order valence-electron chi connectivity index (χ4n) is 2.17. The number of halogens is 1. The van der Waals surface area contributed by atoms with E-state index in [4.69, 9.17) is 21.7 Å². The van der Waals surface area contributed by atoms with Crippen LogP contribution in [0.2, 0.25) is 0 Å². The van der Waals surface area contributed by atoms with E-state index in [9.17, 15) is 4.39 Å². The zero-order chi connectivity index (χ0) is 19.5. The predicted octanol–water partition coefficient (Wildman–Crippen LogP) is 1.87. The Labute approximate surface area is 163 Å². The van der Waals surface area contributed by atoms with Crippen LogP contribution < -0.4 is 25.3 Å². The molecule has 7 heteroatoms. The quantitative estimate of drug-likeness (QED) is 0.265. The molecule has 0 radical (unpaired) electrons. The number of hydrogen-bond donors (Lipinski definition) is 3. The van der Waals surface area contributed by atoms with Crippen molar-refractivity contribution in [3.8, 4) is 11.5 Å². The van der Waals surface area contributed by atoms with E-state index in [1.807, 2.05) is 19.1 Å². The number of hydrogen-bond acceptors (Lipinski definition) is 3. The lowest BCUT2D eigenvalue weighted by molar-refractivity contribution is -0.500. The minimum atomic E-state index is -0.295. The van der Waals surface area contributed by atoms with Gasteiger partial charge in [-0.25, -0.2) is 4.39 Å². The number of thiocarbonyl (C=S) groups is 1. The summed E-state index contributed by atoms with van der Waals surface area (Å²) >= 11 is 5.09. The number of ether oxygens (including phenoxy) is 2. The molecule has 0 saturated carbocycles. The van der Waals surface area contributed by atoms with Crippen molar-refractivity contribution in [3.63, 3.8) is 0 Å². The topological polar surface area (TPSA) is 56.5 Å². The number of hydrazine groups is 1. The molecule has 0 aliphatic carbocycles. The van der Waals surface area contributed by atoms with Gasteiger partial charge in [0.15, 0.2) is 17.7 Å². The van der Waals surface area contributed by atoms with Gasteiger partial charge >= 0.3 is 0 Å². The third-order valence-corrected chi connectivity index (χ3v) is 3.69. The Bertz CT molecular complexity index is 812. The highest BCUT2D eigenvalue weighted by Gasteiger charge is 2.09. The van der Waals surface area contributed by atoms with Crippen molar-refractivity contribution in [2.45, 2.75) is 13.5 Å². The Morgan fingerprint density at radius 3 is 2.78 bits per heavy atom. The van der Waals surface area contributed by atoms with Gasteiger partial charge < -0.3 is 14.8 Å². The lowest BCUT2D eigenvalue weighted by atomic mass is 10.2. The molecular formula is C20H23FN3O2S+. The second-order valence-corrected chi connectivity index (χ2v) is 5.84. The van der Waals surface area contributed by atoms with Crippen molar-refractivity contribution in [2.24, 2.45) is 0 Å². The molecule has 0 bridgehead atoms. The number of rotatable bonds is 9. The molecular weight excluding hydrogens is 365 g/mol. The van der Waals surface area contributed by atoms with Crippen LogP contribution in [0.25, 0.3) is 0 Å². The molecule has 0 saturated heterocycles. The second-order valence-electron chi connectivity index (χ2n) is 5.43. The first kappa shape index (κ1) is 20.4. The molecule has 5 nitrogen and oxygen atoms in total. The van der Waals surface area contributed by atoms with Gasteiger partial charge in [0.1, 0.15) is 12.4 Å². The minimum Gasteiger partial charge on any atom is -0.490 e. The summed E-state index contributed by atoms with van der Waals surface area (Å²) in [5.74, 6) is 0.835. The first-order chi connectivity index (χ1) is 13.1.